The molecular formula is C27H29N3O4. The molecule has 0 unspecified atom stereocenters. The molecule has 7 heteroatoms. The molecule has 0 aromatic heterocycles. The Hall–Kier alpha value is -3.97. The molecule has 0 radical (unpaired) electrons. The minimum absolute atomic E-state index is 0.119. The van der Waals surface area contributed by atoms with E-state index in [1.165, 1.54) is 0 Å². The van der Waals surface area contributed by atoms with Crippen molar-refractivity contribution in [3.05, 3.63) is 108 Å². The summed E-state index contributed by atoms with van der Waals surface area (Å²) in [5, 5.41) is 5.30. The van der Waals surface area contributed by atoms with Crippen LogP contribution < -0.4 is 16.4 Å². The number of ether oxygens (including phenoxy) is 1. The van der Waals surface area contributed by atoms with Gasteiger partial charge in [-0.1, -0.05) is 91.0 Å². The molecule has 0 saturated carbocycles. The van der Waals surface area contributed by atoms with E-state index in [-0.39, 0.29) is 19.6 Å². The monoisotopic (exact) mass is 459 g/mol. The van der Waals surface area contributed by atoms with E-state index in [1.54, 1.807) is 0 Å². The van der Waals surface area contributed by atoms with Gasteiger partial charge < -0.3 is 21.1 Å². The number of amides is 2. The van der Waals surface area contributed by atoms with Gasteiger partial charge in [0.05, 0.1) is 6.04 Å². The molecule has 3 rings (SSSR count). The van der Waals surface area contributed by atoms with Crippen LogP contribution in [0.15, 0.2) is 91.0 Å². The summed E-state index contributed by atoms with van der Waals surface area (Å²) in [5.41, 5.74) is 8.73. The maximum atomic E-state index is 12.9. The van der Waals surface area contributed by atoms with E-state index in [4.69, 9.17) is 10.5 Å². The fourth-order valence-corrected chi connectivity index (χ4v) is 3.37. The van der Waals surface area contributed by atoms with Crippen LogP contribution in [0, 0.1) is 0 Å². The summed E-state index contributed by atoms with van der Waals surface area (Å²) < 4.78 is 5.20. The average Bonchev–Trinajstić information content (AvgIpc) is 2.87. The summed E-state index contributed by atoms with van der Waals surface area (Å²) in [6.45, 7) is -0.184. The minimum atomic E-state index is -0.890. The van der Waals surface area contributed by atoms with E-state index in [9.17, 15) is 14.4 Å². The molecule has 3 aromatic carbocycles. The predicted molar refractivity (Wildman–Crippen MR) is 129 cm³/mol. The third-order valence-electron chi connectivity index (χ3n) is 5.20. The van der Waals surface area contributed by atoms with Crippen molar-refractivity contribution in [1.29, 1.82) is 0 Å². The topological polar surface area (TPSA) is 111 Å². The van der Waals surface area contributed by atoms with Crippen molar-refractivity contribution in [2.45, 2.75) is 31.5 Å². The predicted octanol–water partition coefficient (Wildman–Crippen LogP) is 2.14. The second kappa shape index (κ2) is 12.9. The van der Waals surface area contributed by atoms with Crippen molar-refractivity contribution in [3.63, 3.8) is 0 Å². The SMILES string of the molecule is N[C@@H](Cc1ccccc1)C(=O)N[C@@H](Cc1ccccc1)C(=O)NCC(=O)OCc1ccccc1. The number of rotatable bonds is 11. The summed E-state index contributed by atoms with van der Waals surface area (Å²) in [7, 11) is 0. The van der Waals surface area contributed by atoms with E-state index in [1.807, 2.05) is 91.0 Å². The van der Waals surface area contributed by atoms with Crippen LogP contribution >= 0.6 is 0 Å². The second-order valence-electron chi connectivity index (χ2n) is 7.91. The van der Waals surface area contributed by atoms with E-state index in [0.29, 0.717) is 6.42 Å². The first-order valence-corrected chi connectivity index (χ1v) is 11.1. The highest BCUT2D eigenvalue weighted by Crippen LogP contribution is 2.06. The van der Waals surface area contributed by atoms with Crippen molar-refractivity contribution in [2.24, 2.45) is 5.73 Å². The largest absolute Gasteiger partial charge is 0.460 e. The molecule has 0 aliphatic carbocycles. The van der Waals surface area contributed by atoms with Crippen molar-refractivity contribution in [3.8, 4) is 0 Å². The zero-order chi connectivity index (χ0) is 24.2. The molecule has 176 valence electrons. The van der Waals surface area contributed by atoms with Gasteiger partial charge in [0.2, 0.25) is 11.8 Å². The lowest BCUT2D eigenvalue weighted by molar-refractivity contribution is -0.145. The molecule has 3 aromatic rings. The third kappa shape index (κ3) is 8.18. The van der Waals surface area contributed by atoms with E-state index < -0.39 is 29.9 Å². The van der Waals surface area contributed by atoms with Crippen LogP contribution in [0.2, 0.25) is 0 Å². The Balaban J connectivity index is 1.57. The van der Waals surface area contributed by atoms with Gasteiger partial charge in [-0.3, -0.25) is 14.4 Å². The van der Waals surface area contributed by atoms with E-state index in [2.05, 4.69) is 10.6 Å². The van der Waals surface area contributed by atoms with Gasteiger partial charge in [-0.25, -0.2) is 0 Å². The minimum Gasteiger partial charge on any atom is -0.460 e. The Bertz CT molecular complexity index is 1060. The van der Waals surface area contributed by atoms with Gasteiger partial charge in [-0.2, -0.15) is 0 Å². The van der Waals surface area contributed by atoms with Crippen molar-refractivity contribution in [2.75, 3.05) is 6.54 Å². The quantitative estimate of drug-likeness (QED) is 0.381. The number of hydrogen-bond acceptors (Lipinski definition) is 5. The molecule has 0 aliphatic rings. The zero-order valence-corrected chi connectivity index (χ0v) is 18.9. The summed E-state index contributed by atoms with van der Waals surface area (Å²) in [6, 6.07) is 26.3. The van der Waals surface area contributed by atoms with Crippen molar-refractivity contribution in [1.82, 2.24) is 10.6 Å². The first-order chi connectivity index (χ1) is 16.5. The lowest BCUT2D eigenvalue weighted by Crippen LogP contribution is -2.53. The molecule has 0 fully saturated rings. The van der Waals surface area contributed by atoms with Crippen LogP contribution in [0.25, 0.3) is 0 Å². The van der Waals surface area contributed by atoms with Crippen LogP contribution in [-0.4, -0.2) is 36.4 Å². The summed E-state index contributed by atoms with van der Waals surface area (Å²) in [5.74, 6) is -1.49. The van der Waals surface area contributed by atoms with Gasteiger partial charge in [0.15, 0.2) is 0 Å². The highest BCUT2D eigenvalue weighted by molar-refractivity contribution is 5.91. The zero-order valence-electron chi connectivity index (χ0n) is 18.9. The number of nitrogens with two attached hydrogens (primary N) is 1. The molecule has 7 nitrogen and oxygen atoms in total. The Morgan fingerprint density at radius 1 is 0.706 bits per heavy atom. The number of hydrogen-bond donors (Lipinski definition) is 3. The molecule has 0 heterocycles. The number of carbonyl (C=O) groups excluding carboxylic acids is 3. The van der Waals surface area contributed by atoms with Crippen molar-refractivity contribution >= 4 is 17.8 Å². The fourth-order valence-electron chi connectivity index (χ4n) is 3.37. The van der Waals surface area contributed by atoms with Crippen LogP contribution in [0.4, 0.5) is 0 Å². The smallest absolute Gasteiger partial charge is 0.325 e. The van der Waals surface area contributed by atoms with Crippen LogP contribution in [-0.2, 0) is 38.6 Å². The van der Waals surface area contributed by atoms with Crippen LogP contribution in [0.3, 0.4) is 0 Å². The number of nitrogens with one attached hydrogen (secondary N) is 2. The normalized spacial score (nSPS) is 12.3. The van der Waals surface area contributed by atoms with Crippen LogP contribution in [0.5, 0.6) is 0 Å². The molecule has 4 N–H and O–H groups in total. The van der Waals surface area contributed by atoms with Gasteiger partial charge in [-0.05, 0) is 23.1 Å². The molecule has 0 bridgehead atoms. The highest BCUT2D eigenvalue weighted by atomic mass is 16.5. The van der Waals surface area contributed by atoms with E-state index in [0.717, 1.165) is 16.7 Å². The Morgan fingerprint density at radius 2 is 1.21 bits per heavy atom. The fraction of sp³-hybridized carbons (Fsp3) is 0.222. The second-order valence-corrected chi connectivity index (χ2v) is 7.91. The summed E-state index contributed by atoms with van der Waals surface area (Å²) in [6.07, 6.45) is 0.605. The van der Waals surface area contributed by atoms with Crippen LogP contribution in [0.1, 0.15) is 16.7 Å². The molecule has 0 saturated heterocycles. The number of esters is 1. The maximum absolute atomic E-state index is 12.9. The van der Waals surface area contributed by atoms with E-state index >= 15 is 0 Å². The molecule has 0 aliphatic heterocycles. The number of benzene rings is 3. The molecule has 0 spiro atoms. The maximum Gasteiger partial charge on any atom is 0.325 e. The van der Waals surface area contributed by atoms with Gasteiger partial charge in [-0.15, -0.1) is 0 Å². The van der Waals surface area contributed by atoms with Gasteiger partial charge in [0.25, 0.3) is 0 Å². The number of carbonyl (C=O) groups is 3. The first-order valence-electron chi connectivity index (χ1n) is 11.1. The Morgan fingerprint density at radius 3 is 1.76 bits per heavy atom. The molecule has 2 amide bonds. The first kappa shape index (κ1) is 24.7. The van der Waals surface area contributed by atoms with Gasteiger partial charge in [0, 0.05) is 6.42 Å². The van der Waals surface area contributed by atoms with Gasteiger partial charge >= 0.3 is 5.97 Å². The Kier molecular flexibility index (Phi) is 9.37. The third-order valence-corrected chi connectivity index (χ3v) is 5.20. The lowest BCUT2D eigenvalue weighted by Gasteiger charge is -2.21. The molecule has 34 heavy (non-hydrogen) atoms. The standard InChI is InChI=1S/C27H29N3O4/c28-23(16-20-10-4-1-5-11-20)26(32)30-24(17-21-12-6-2-7-13-21)27(33)29-18-25(31)34-19-22-14-8-3-9-15-22/h1-15,23-24H,16-19,28H2,(H,29,33)(H,30,32)/t23-,24-/m0/s1. The molecular weight excluding hydrogens is 430 g/mol. The lowest BCUT2D eigenvalue weighted by atomic mass is 10.0. The van der Waals surface area contributed by atoms with Gasteiger partial charge in [0.1, 0.15) is 19.2 Å². The van der Waals surface area contributed by atoms with Crippen molar-refractivity contribution < 1.29 is 19.1 Å². The Labute approximate surface area is 199 Å². The summed E-state index contributed by atoms with van der Waals surface area (Å²) >= 11 is 0. The summed E-state index contributed by atoms with van der Waals surface area (Å²) in [4.78, 5) is 37.7. The molecule has 2 atom stereocenters. The average molecular weight is 460 g/mol. The highest BCUT2D eigenvalue weighted by Gasteiger charge is 2.25.